The van der Waals surface area contributed by atoms with E-state index < -0.39 is 11.6 Å². The Kier molecular flexibility index (Phi) is 4.51. The molecule has 3 amide bonds. The lowest BCUT2D eigenvalue weighted by atomic mass is 9.88. The van der Waals surface area contributed by atoms with Crippen LogP contribution in [0, 0.1) is 0 Å². The predicted molar refractivity (Wildman–Crippen MR) is 114 cm³/mol. The van der Waals surface area contributed by atoms with Crippen LogP contribution in [-0.4, -0.2) is 27.0 Å². The summed E-state index contributed by atoms with van der Waals surface area (Å²) in [6, 6.07) is 22.8. The van der Waals surface area contributed by atoms with Crippen molar-refractivity contribution in [2.45, 2.75) is 25.4 Å². The summed E-state index contributed by atoms with van der Waals surface area (Å²) in [5.74, 6) is 0.373. The fraction of sp³-hybridized carbons (Fsp3) is 0.167. The zero-order chi connectivity index (χ0) is 21.4. The lowest BCUT2D eigenvalue weighted by Gasteiger charge is -2.23. The molecule has 3 aromatic carbocycles. The van der Waals surface area contributed by atoms with Crippen molar-refractivity contribution in [3.8, 4) is 0 Å². The molecule has 1 aliphatic heterocycles. The number of aromatic nitrogens is 2. The third-order valence-electron chi connectivity index (χ3n) is 5.61. The first-order valence-electron chi connectivity index (χ1n) is 10.0. The number of fused-ring (bicyclic) bond motifs is 1. The molecule has 1 saturated heterocycles. The summed E-state index contributed by atoms with van der Waals surface area (Å²) in [5, 5.41) is 8.76. The molecule has 2 heterocycles. The number of urea groups is 1. The Bertz CT molecular complexity index is 1280. The van der Waals surface area contributed by atoms with Gasteiger partial charge in [-0.25, -0.2) is 4.79 Å². The molecule has 0 aliphatic carbocycles. The predicted octanol–water partition coefficient (Wildman–Crippen LogP) is 3.78. The highest BCUT2D eigenvalue weighted by molar-refractivity contribution is 6.09. The molecule has 7 heteroatoms. The van der Waals surface area contributed by atoms with Crippen molar-refractivity contribution in [3.63, 3.8) is 0 Å². The molecule has 5 rings (SSSR count). The first-order valence-corrected chi connectivity index (χ1v) is 10.0. The molecule has 7 nitrogen and oxygen atoms in total. The number of imide groups is 1. The molecule has 1 fully saturated rings. The number of hydrogen-bond donors (Lipinski definition) is 1. The van der Waals surface area contributed by atoms with E-state index >= 15 is 0 Å². The molecule has 1 aromatic heterocycles. The third kappa shape index (κ3) is 3.34. The van der Waals surface area contributed by atoms with Crippen LogP contribution >= 0.6 is 0 Å². The summed E-state index contributed by atoms with van der Waals surface area (Å²) in [6.07, 6.45) is 0.512. The van der Waals surface area contributed by atoms with Crippen LogP contribution in [0.25, 0.3) is 10.8 Å². The number of nitrogens with zero attached hydrogens (tertiary/aromatic N) is 3. The van der Waals surface area contributed by atoms with Gasteiger partial charge in [-0.1, -0.05) is 78.0 Å². The van der Waals surface area contributed by atoms with E-state index in [-0.39, 0.29) is 18.3 Å². The maximum absolute atomic E-state index is 13.3. The largest absolute Gasteiger partial charge is 0.337 e. The van der Waals surface area contributed by atoms with Crippen molar-refractivity contribution in [1.82, 2.24) is 20.4 Å². The summed E-state index contributed by atoms with van der Waals surface area (Å²) in [6.45, 7) is 1.65. The summed E-state index contributed by atoms with van der Waals surface area (Å²) < 4.78 is 5.30. The molecule has 0 radical (unpaired) electrons. The van der Waals surface area contributed by atoms with Gasteiger partial charge in [0.25, 0.3) is 5.91 Å². The minimum atomic E-state index is -1.18. The van der Waals surface area contributed by atoms with Crippen LogP contribution in [0.3, 0.4) is 0 Å². The van der Waals surface area contributed by atoms with E-state index in [1.807, 2.05) is 72.8 Å². The van der Waals surface area contributed by atoms with E-state index in [0.717, 1.165) is 26.8 Å². The quantitative estimate of drug-likeness (QED) is 0.504. The van der Waals surface area contributed by atoms with E-state index in [4.69, 9.17) is 4.52 Å². The lowest BCUT2D eigenvalue weighted by Crippen LogP contribution is -2.41. The van der Waals surface area contributed by atoms with Gasteiger partial charge in [0.05, 0.1) is 0 Å². The standard InChI is InChI=1S/C24H20N4O3/c1-24(19-13-7-11-17-10-5-6-12-18(17)19)22(29)28(23(30)26-24)15-21-25-20(27-31-21)14-16-8-3-2-4-9-16/h2-13H,14-15H2,1H3,(H,26,30). The summed E-state index contributed by atoms with van der Waals surface area (Å²) in [5.41, 5.74) is 0.625. The van der Waals surface area contributed by atoms with Crippen LogP contribution in [0.1, 0.15) is 29.8 Å². The Morgan fingerprint density at radius 2 is 1.71 bits per heavy atom. The third-order valence-corrected chi connectivity index (χ3v) is 5.61. The highest BCUT2D eigenvalue weighted by Gasteiger charge is 2.50. The van der Waals surface area contributed by atoms with Crippen molar-refractivity contribution in [2.24, 2.45) is 0 Å². The second-order valence-corrected chi connectivity index (χ2v) is 7.74. The van der Waals surface area contributed by atoms with Gasteiger partial charge in [-0.2, -0.15) is 4.98 Å². The Labute approximate surface area is 178 Å². The Morgan fingerprint density at radius 1 is 0.968 bits per heavy atom. The molecule has 154 valence electrons. The molecule has 1 unspecified atom stereocenters. The highest BCUT2D eigenvalue weighted by Crippen LogP contribution is 2.34. The highest BCUT2D eigenvalue weighted by atomic mass is 16.5. The van der Waals surface area contributed by atoms with E-state index in [1.54, 1.807) is 6.92 Å². The second kappa shape index (κ2) is 7.36. The Morgan fingerprint density at radius 3 is 2.55 bits per heavy atom. The van der Waals surface area contributed by atoms with Crippen molar-refractivity contribution < 1.29 is 14.1 Å². The topological polar surface area (TPSA) is 88.3 Å². The average molecular weight is 412 g/mol. The van der Waals surface area contributed by atoms with Crippen LogP contribution in [0.5, 0.6) is 0 Å². The molecule has 1 N–H and O–H groups in total. The molecular formula is C24H20N4O3. The molecule has 31 heavy (non-hydrogen) atoms. The fourth-order valence-electron chi connectivity index (χ4n) is 4.02. The second-order valence-electron chi connectivity index (χ2n) is 7.74. The van der Waals surface area contributed by atoms with Gasteiger partial charge < -0.3 is 9.84 Å². The Balaban J connectivity index is 1.39. The molecular weight excluding hydrogens is 392 g/mol. The van der Waals surface area contributed by atoms with E-state index in [0.29, 0.717) is 12.2 Å². The van der Waals surface area contributed by atoms with Crippen LogP contribution in [0.15, 0.2) is 77.3 Å². The molecule has 1 aliphatic rings. The minimum absolute atomic E-state index is 0.0766. The smallest absolute Gasteiger partial charge is 0.325 e. The molecule has 4 aromatic rings. The number of carbonyl (C=O) groups excluding carboxylic acids is 2. The van der Waals surface area contributed by atoms with Crippen LogP contribution in [-0.2, 0) is 23.3 Å². The summed E-state index contributed by atoms with van der Waals surface area (Å²) >= 11 is 0. The van der Waals surface area contributed by atoms with Gasteiger partial charge in [-0.05, 0) is 28.8 Å². The average Bonchev–Trinajstić information content (AvgIpc) is 3.32. The zero-order valence-electron chi connectivity index (χ0n) is 16.9. The van der Waals surface area contributed by atoms with Gasteiger partial charge in [0, 0.05) is 6.42 Å². The van der Waals surface area contributed by atoms with Gasteiger partial charge in [-0.15, -0.1) is 0 Å². The van der Waals surface area contributed by atoms with Gasteiger partial charge in [0.1, 0.15) is 12.1 Å². The van der Waals surface area contributed by atoms with Gasteiger partial charge in [0.2, 0.25) is 5.89 Å². The van der Waals surface area contributed by atoms with Crippen LogP contribution in [0.4, 0.5) is 4.79 Å². The molecule has 1 atom stereocenters. The SMILES string of the molecule is CC1(c2cccc3ccccc23)NC(=O)N(Cc2nc(Cc3ccccc3)no2)C1=O. The van der Waals surface area contributed by atoms with Crippen LogP contribution < -0.4 is 5.32 Å². The van der Waals surface area contributed by atoms with Gasteiger partial charge >= 0.3 is 6.03 Å². The van der Waals surface area contributed by atoms with Crippen LogP contribution in [0.2, 0.25) is 0 Å². The van der Waals surface area contributed by atoms with Crippen molar-refractivity contribution >= 4 is 22.7 Å². The monoisotopic (exact) mass is 412 g/mol. The zero-order valence-corrected chi connectivity index (χ0v) is 16.9. The number of benzene rings is 3. The maximum Gasteiger partial charge on any atom is 0.325 e. The normalized spacial score (nSPS) is 18.5. The summed E-state index contributed by atoms with van der Waals surface area (Å²) in [4.78, 5) is 31.5. The Hall–Kier alpha value is -4.00. The van der Waals surface area contributed by atoms with Gasteiger partial charge in [0.15, 0.2) is 5.82 Å². The van der Waals surface area contributed by atoms with Crippen molar-refractivity contribution in [3.05, 3.63) is 95.6 Å². The van der Waals surface area contributed by atoms with E-state index in [1.165, 1.54) is 0 Å². The van der Waals surface area contributed by atoms with E-state index in [2.05, 4.69) is 15.5 Å². The number of rotatable bonds is 5. The first kappa shape index (κ1) is 19.0. The van der Waals surface area contributed by atoms with Crippen molar-refractivity contribution in [2.75, 3.05) is 0 Å². The molecule has 0 bridgehead atoms. The van der Waals surface area contributed by atoms with Gasteiger partial charge in [-0.3, -0.25) is 9.69 Å². The minimum Gasteiger partial charge on any atom is -0.337 e. The fourth-order valence-corrected chi connectivity index (χ4v) is 4.02. The molecule has 0 spiro atoms. The number of amides is 3. The molecule has 0 saturated carbocycles. The maximum atomic E-state index is 13.3. The number of nitrogens with one attached hydrogen (secondary N) is 1. The summed E-state index contributed by atoms with van der Waals surface area (Å²) in [7, 11) is 0. The first-order chi connectivity index (χ1) is 15.0. The van der Waals surface area contributed by atoms with E-state index in [9.17, 15) is 9.59 Å². The number of carbonyl (C=O) groups is 2. The van der Waals surface area contributed by atoms with Crippen molar-refractivity contribution in [1.29, 1.82) is 0 Å². The number of hydrogen-bond acceptors (Lipinski definition) is 5. The lowest BCUT2D eigenvalue weighted by molar-refractivity contribution is -0.131.